The van der Waals surface area contributed by atoms with Gasteiger partial charge in [-0.05, 0) is 44.8 Å². The first kappa shape index (κ1) is 20.5. The van der Waals surface area contributed by atoms with Gasteiger partial charge in [0, 0.05) is 0 Å². The van der Waals surface area contributed by atoms with Crippen LogP contribution in [0.3, 0.4) is 0 Å². The lowest BCUT2D eigenvalue weighted by molar-refractivity contribution is -0.139. The summed E-state index contributed by atoms with van der Waals surface area (Å²) in [6.45, 7) is 2.23. The largest absolute Gasteiger partial charge is 0.508 e. The summed E-state index contributed by atoms with van der Waals surface area (Å²) in [6.07, 6.45) is 10.9. The van der Waals surface area contributed by atoms with Crippen LogP contribution in [0.15, 0.2) is 24.3 Å². The van der Waals surface area contributed by atoms with Gasteiger partial charge in [0.2, 0.25) is 0 Å². The molecule has 0 spiro atoms. The molecule has 0 fully saturated rings. The zero-order chi connectivity index (χ0) is 17.8. The Balaban J connectivity index is 2.30. The van der Waals surface area contributed by atoms with Gasteiger partial charge in [-0.15, -0.1) is 0 Å². The first-order valence-corrected chi connectivity index (χ1v) is 9.21. The van der Waals surface area contributed by atoms with Crippen molar-refractivity contribution in [2.75, 3.05) is 14.1 Å². The molecule has 0 aliphatic heterocycles. The van der Waals surface area contributed by atoms with E-state index in [1.54, 1.807) is 12.1 Å². The Kier molecular flexibility index (Phi) is 10.2. The fourth-order valence-electron chi connectivity index (χ4n) is 2.76. The summed E-state index contributed by atoms with van der Waals surface area (Å²) in [5, 5.41) is 9.27. The van der Waals surface area contributed by atoms with Crippen molar-refractivity contribution < 1.29 is 14.6 Å². The lowest BCUT2D eigenvalue weighted by Gasteiger charge is -2.22. The molecule has 0 aliphatic carbocycles. The van der Waals surface area contributed by atoms with E-state index in [9.17, 15) is 9.90 Å². The highest BCUT2D eigenvalue weighted by Gasteiger charge is 2.22. The van der Waals surface area contributed by atoms with Crippen molar-refractivity contribution in [3.8, 4) is 11.5 Å². The van der Waals surface area contributed by atoms with Crippen LogP contribution >= 0.6 is 0 Å². The van der Waals surface area contributed by atoms with Gasteiger partial charge in [-0.25, -0.2) is 4.79 Å². The van der Waals surface area contributed by atoms with Gasteiger partial charge < -0.3 is 9.84 Å². The Hall–Kier alpha value is -1.55. The fourth-order valence-corrected chi connectivity index (χ4v) is 2.76. The summed E-state index contributed by atoms with van der Waals surface area (Å²) in [5.74, 6) is 0.409. The number of benzene rings is 1. The van der Waals surface area contributed by atoms with Crippen molar-refractivity contribution >= 4 is 5.97 Å². The molecule has 0 saturated carbocycles. The van der Waals surface area contributed by atoms with Crippen molar-refractivity contribution in [3.05, 3.63) is 24.3 Å². The average molecular weight is 335 g/mol. The maximum Gasteiger partial charge on any atom is 0.328 e. The molecule has 0 saturated heterocycles. The van der Waals surface area contributed by atoms with Crippen LogP contribution in [0, 0.1) is 0 Å². The van der Waals surface area contributed by atoms with Crippen LogP contribution in [0.5, 0.6) is 11.5 Å². The zero-order valence-electron chi connectivity index (χ0n) is 15.5. The molecule has 136 valence electrons. The van der Waals surface area contributed by atoms with Gasteiger partial charge >= 0.3 is 5.97 Å². The molecule has 24 heavy (non-hydrogen) atoms. The number of phenols is 1. The molecule has 0 aromatic heterocycles. The molecule has 1 unspecified atom stereocenters. The molecule has 1 aromatic rings. The number of esters is 1. The second kappa shape index (κ2) is 11.9. The molecular formula is C20H33NO3. The number of carbonyl (C=O) groups is 1. The van der Waals surface area contributed by atoms with E-state index in [4.69, 9.17) is 4.74 Å². The smallest absolute Gasteiger partial charge is 0.328 e. The Morgan fingerprint density at radius 1 is 1.00 bits per heavy atom. The summed E-state index contributed by atoms with van der Waals surface area (Å²) in [6, 6.07) is 6.03. The van der Waals surface area contributed by atoms with E-state index in [1.165, 1.54) is 57.1 Å². The average Bonchev–Trinajstić information content (AvgIpc) is 2.55. The molecule has 4 heteroatoms. The second-order valence-electron chi connectivity index (χ2n) is 6.66. The molecular weight excluding hydrogens is 302 g/mol. The first-order chi connectivity index (χ1) is 11.5. The minimum Gasteiger partial charge on any atom is -0.508 e. The maximum atomic E-state index is 12.4. The lowest BCUT2D eigenvalue weighted by atomic mass is 10.0. The third-order valence-electron chi connectivity index (χ3n) is 4.28. The zero-order valence-corrected chi connectivity index (χ0v) is 15.5. The van der Waals surface area contributed by atoms with Crippen LogP contribution in [-0.2, 0) is 4.79 Å². The van der Waals surface area contributed by atoms with Crippen LogP contribution in [0.1, 0.15) is 64.7 Å². The highest BCUT2D eigenvalue weighted by molar-refractivity contribution is 5.78. The fraction of sp³-hybridized carbons (Fsp3) is 0.650. The summed E-state index contributed by atoms with van der Waals surface area (Å²) in [7, 11) is 3.82. The predicted molar refractivity (Wildman–Crippen MR) is 98.4 cm³/mol. The third-order valence-corrected chi connectivity index (χ3v) is 4.28. The minimum absolute atomic E-state index is 0.165. The molecule has 1 N–H and O–H groups in total. The van der Waals surface area contributed by atoms with Crippen molar-refractivity contribution in [2.45, 2.75) is 70.8 Å². The number of phenolic OH excluding ortho intramolecular Hbond substituents is 1. The number of rotatable bonds is 12. The summed E-state index contributed by atoms with van der Waals surface area (Å²) in [5.41, 5.74) is 0. The molecule has 0 heterocycles. The van der Waals surface area contributed by atoms with E-state index < -0.39 is 0 Å². The van der Waals surface area contributed by atoms with Crippen LogP contribution in [0.4, 0.5) is 0 Å². The number of hydrogen-bond acceptors (Lipinski definition) is 4. The van der Waals surface area contributed by atoms with Crippen LogP contribution in [-0.4, -0.2) is 36.1 Å². The molecule has 1 rings (SSSR count). The number of likely N-dealkylation sites (N-methyl/N-ethyl adjacent to an activating group) is 1. The predicted octanol–water partition coefficient (Wildman–Crippen LogP) is 4.76. The highest BCUT2D eigenvalue weighted by atomic mass is 16.5. The standard InChI is InChI=1S/C20H33NO3/c1-4-5-6-7-8-9-10-11-12-19(21(2)3)20(23)24-18-15-13-17(22)14-16-18/h13-16,19,22H,4-12H2,1-3H3. The Bertz CT molecular complexity index is 456. The van der Waals surface area contributed by atoms with Crippen LogP contribution < -0.4 is 4.74 Å². The van der Waals surface area contributed by atoms with Gasteiger partial charge in [0.15, 0.2) is 0 Å². The molecule has 0 bridgehead atoms. The second-order valence-corrected chi connectivity index (χ2v) is 6.66. The Labute approximate surface area is 146 Å². The maximum absolute atomic E-state index is 12.4. The van der Waals surface area contributed by atoms with Gasteiger partial charge in [-0.3, -0.25) is 4.90 Å². The van der Waals surface area contributed by atoms with Gasteiger partial charge in [-0.1, -0.05) is 58.3 Å². The number of carbonyl (C=O) groups excluding carboxylic acids is 1. The number of ether oxygens (including phenoxy) is 1. The number of aromatic hydroxyl groups is 1. The van der Waals surface area contributed by atoms with E-state index in [0.29, 0.717) is 5.75 Å². The summed E-state index contributed by atoms with van der Waals surface area (Å²) >= 11 is 0. The third kappa shape index (κ3) is 8.34. The van der Waals surface area contributed by atoms with Gasteiger partial charge in [0.25, 0.3) is 0 Å². The van der Waals surface area contributed by atoms with Crippen molar-refractivity contribution in [1.29, 1.82) is 0 Å². The minimum atomic E-state index is -0.228. The lowest BCUT2D eigenvalue weighted by Crippen LogP contribution is -2.38. The van der Waals surface area contributed by atoms with Crippen molar-refractivity contribution in [2.24, 2.45) is 0 Å². The van der Waals surface area contributed by atoms with E-state index in [2.05, 4.69) is 6.92 Å². The molecule has 1 aromatic carbocycles. The molecule has 0 radical (unpaired) electrons. The van der Waals surface area contributed by atoms with E-state index in [1.807, 2.05) is 19.0 Å². The quantitative estimate of drug-likeness (QED) is 0.340. The van der Waals surface area contributed by atoms with Gasteiger partial charge in [0.05, 0.1) is 0 Å². The molecule has 0 amide bonds. The molecule has 4 nitrogen and oxygen atoms in total. The number of nitrogens with zero attached hydrogens (tertiary/aromatic N) is 1. The van der Waals surface area contributed by atoms with Crippen LogP contribution in [0.25, 0.3) is 0 Å². The van der Waals surface area contributed by atoms with E-state index in [-0.39, 0.29) is 17.8 Å². The highest BCUT2D eigenvalue weighted by Crippen LogP contribution is 2.18. The number of hydrogen-bond donors (Lipinski definition) is 1. The van der Waals surface area contributed by atoms with Crippen LogP contribution in [0.2, 0.25) is 0 Å². The van der Waals surface area contributed by atoms with Gasteiger partial charge in [0.1, 0.15) is 17.5 Å². The van der Waals surface area contributed by atoms with E-state index >= 15 is 0 Å². The monoisotopic (exact) mass is 335 g/mol. The SMILES string of the molecule is CCCCCCCCCCC(C(=O)Oc1ccc(O)cc1)N(C)C. The first-order valence-electron chi connectivity index (χ1n) is 9.21. The Morgan fingerprint density at radius 2 is 1.54 bits per heavy atom. The summed E-state index contributed by atoms with van der Waals surface area (Å²) in [4.78, 5) is 14.3. The summed E-state index contributed by atoms with van der Waals surface area (Å²) < 4.78 is 5.42. The van der Waals surface area contributed by atoms with Gasteiger partial charge in [-0.2, -0.15) is 0 Å². The number of unbranched alkanes of at least 4 members (excludes halogenated alkanes) is 7. The topological polar surface area (TPSA) is 49.8 Å². The van der Waals surface area contributed by atoms with Crippen molar-refractivity contribution in [1.82, 2.24) is 4.90 Å². The normalized spacial score (nSPS) is 12.3. The molecule has 1 atom stereocenters. The van der Waals surface area contributed by atoms with E-state index in [0.717, 1.165) is 12.8 Å². The Morgan fingerprint density at radius 3 is 2.08 bits per heavy atom. The molecule has 0 aliphatic rings. The van der Waals surface area contributed by atoms with Crippen molar-refractivity contribution in [3.63, 3.8) is 0 Å².